The highest BCUT2D eigenvalue weighted by molar-refractivity contribution is 7.21. The van der Waals surface area contributed by atoms with E-state index in [1.807, 2.05) is 32.0 Å². The van der Waals surface area contributed by atoms with Gasteiger partial charge in [-0.15, -0.1) is 11.3 Å². The van der Waals surface area contributed by atoms with E-state index in [1.165, 1.54) is 11.3 Å². The van der Waals surface area contributed by atoms with Crippen molar-refractivity contribution in [2.75, 3.05) is 39.5 Å². The molecule has 114 valence electrons. The number of anilines is 1. The molecule has 0 saturated carbocycles. The van der Waals surface area contributed by atoms with Crippen molar-refractivity contribution in [1.82, 2.24) is 14.8 Å². The summed E-state index contributed by atoms with van der Waals surface area (Å²) in [7, 11) is 4.07. The lowest BCUT2D eigenvalue weighted by atomic mass is 10.2. The van der Waals surface area contributed by atoms with Crippen LogP contribution < -0.4 is 5.73 Å². The number of carbonyl (C=O) groups excluding carboxylic acids is 1. The van der Waals surface area contributed by atoms with E-state index in [4.69, 9.17) is 5.73 Å². The second-order valence-electron chi connectivity index (χ2n) is 5.26. The molecular formula is C15H22N4OS. The van der Waals surface area contributed by atoms with E-state index in [1.54, 1.807) is 12.4 Å². The molecule has 0 radical (unpaired) electrons. The Labute approximate surface area is 129 Å². The number of nitrogens with zero attached hydrogens (tertiary/aromatic N) is 3. The Hall–Kier alpha value is -1.66. The van der Waals surface area contributed by atoms with Gasteiger partial charge in [-0.25, -0.2) is 0 Å². The van der Waals surface area contributed by atoms with Crippen molar-refractivity contribution >= 4 is 33.0 Å². The molecule has 0 saturated heterocycles. The molecule has 6 heteroatoms. The highest BCUT2D eigenvalue weighted by atomic mass is 32.1. The molecule has 1 amide bonds. The number of hydrogen-bond acceptors (Lipinski definition) is 5. The fraction of sp³-hybridized carbons (Fsp3) is 0.467. The zero-order chi connectivity index (χ0) is 15.4. The fourth-order valence-electron chi connectivity index (χ4n) is 2.25. The fourth-order valence-corrected chi connectivity index (χ4v) is 3.31. The number of nitrogens with two attached hydrogens (primary N) is 1. The third-order valence-corrected chi connectivity index (χ3v) is 4.57. The second kappa shape index (κ2) is 6.87. The first-order valence-corrected chi connectivity index (χ1v) is 7.92. The predicted molar refractivity (Wildman–Crippen MR) is 88.8 cm³/mol. The molecule has 5 nitrogen and oxygen atoms in total. The van der Waals surface area contributed by atoms with E-state index in [9.17, 15) is 4.79 Å². The molecule has 2 rings (SSSR count). The van der Waals surface area contributed by atoms with Crippen LogP contribution >= 0.6 is 11.3 Å². The maximum Gasteiger partial charge on any atom is 0.266 e. The van der Waals surface area contributed by atoms with Crippen LogP contribution in [0.3, 0.4) is 0 Å². The van der Waals surface area contributed by atoms with Crippen molar-refractivity contribution in [2.45, 2.75) is 13.3 Å². The van der Waals surface area contributed by atoms with Gasteiger partial charge in [0.05, 0.1) is 10.4 Å². The number of rotatable bonds is 6. The molecule has 0 fully saturated rings. The van der Waals surface area contributed by atoms with Crippen LogP contribution in [0.2, 0.25) is 0 Å². The predicted octanol–water partition coefficient (Wildman–Crippen LogP) is 2.29. The number of pyridine rings is 1. The Kier molecular flexibility index (Phi) is 5.14. The summed E-state index contributed by atoms with van der Waals surface area (Å²) in [6.07, 6.45) is 4.42. The maximum atomic E-state index is 12.7. The highest BCUT2D eigenvalue weighted by Gasteiger charge is 2.20. The maximum absolute atomic E-state index is 12.7. The van der Waals surface area contributed by atoms with Gasteiger partial charge in [-0.3, -0.25) is 9.78 Å². The highest BCUT2D eigenvalue weighted by Crippen LogP contribution is 2.33. The molecule has 0 aliphatic rings. The van der Waals surface area contributed by atoms with Crippen molar-refractivity contribution in [1.29, 1.82) is 0 Å². The van der Waals surface area contributed by atoms with E-state index in [2.05, 4.69) is 9.88 Å². The van der Waals surface area contributed by atoms with Crippen LogP contribution in [0.4, 0.5) is 5.69 Å². The lowest BCUT2D eigenvalue weighted by molar-refractivity contribution is 0.0765. The molecule has 21 heavy (non-hydrogen) atoms. The molecule has 0 atom stereocenters. The van der Waals surface area contributed by atoms with Crippen LogP contribution in [0.1, 0.15) is 23.0 Å². The molecule has 2 aromatic heterocycles. The van der Waals surface area contributed by atoms with E-state index in [-0.39, 0.29) is 5.91 Å². The number of amides is 1. The lowest BCUT2D eigenvalue weighted by Gasteiger charge is -2.21. The smallest absolute Gasteiger partial charge is 0.266 e. The minimum Gasteiger partial charge on any atom is -0.397 e. The minimum atomic E-state index is 0.0231. The third-order valence-electron chi connectivity index (χ3n) is 3.43. The molecular weight excluding hydrogens is 284 g/mol. The van der Waals surface area contributed by atoms with Crippen LogP contribution in [0.25, 0.3) is 10.1 Å². The van der Waals surface area contributed by atoms with Crippen LogP contribution in [0.15, 0.2) is 18.5 Å². The Morgan fingerprint density at radius 3 is 2.76 bits per heavy atom. The molecule has 0 bridgehead atoms. The first-order valence-electron chi connectivity index (χ1n) is 7.10. The average Bonchev–Trinajstić information content (AvgIpc) is 2.80. The average molecular weight is 306 g/mol. The standard InChI is InChI=1S/C15H22N4OS/c1-4-19(9-5-8-18(2)3)15(20)14-13(16)11-6-7-17-10-12(11)21-14/h6-7,10H,4-5,8-9,16H2,1-3H3. The minimum absolute atomic E-state index is 0.0231. The first-order chi connectivity index (χ1) is 10.0. The van der Waals surface area contributed by atoms with Crippen molar-refractivity contribution in [2.24, 2.45) is 0 Å². The van der Waals surface area contributed by atoms with Crippen molar-refractivity contribution < 1.29 is 4.79 Å². The van der Waals surface area contributed by atoms with Crippen LogP contribution in [-0.4, -0.2) is 54.4 Å². The molecule has 2 N–H and O–H groups in total. The summed E-state index contributed by atoms with van der Waals surface area (Å²) >= 11 is 1.43. The van der Waals surface area contributed by atoms with Gasteiger partial charge >= 0.3 is 0 Å². The van der Waals surface area contributed by atoms with Gasteiger partial charge in [-0.2, -0.15) is 0 Å². The molecule has 0 spiro atoms. The Morgan fingerprint density at radius 2 is 2.14 bits per heavy atom. The third kappa shape index (κ3) is 3.51. The number of thiophene rings is 1. The SMILES string of the molecule is CCN(CCCN(C)C)C(=O)c1sc2cnccc2c1N. The summed E-state index contributed by atoms with van der Waals surface area (Å²) in [5.41, 5.74) is 6.71. The molecule has 0 aromatic carbocycles. The number of carbonyl (C=O) groups is 1. The van der Waals surface area contributed by atoms with Crippen molar-refractivity contribution in [3.8, 4) is 0 Å². The summed E-state index contributed by atoms with van der Waals surface area (Å²) in [5, 5.41) is 0.919. The second-order valence-corrected chi connectivity index (χ2v) is 6.31. The van der Waals surface area contributed by atoms with Gasteiger partial charge in [-0.05, 0) is 40.1 Å². The Bertz CT molecular complexity index is 623. The Balaban J connectivity index is 2.17. The number of fused-ring (bicyclic) bond motifs is 1. The summed E-state index contributed by atoms with van der Waals surface area (Å²) < 4.78 is 0.961. The Morgan fingerprint density at radius 1 is 1.38 bits per heavy atom. The van der Waals surface area contributed by atoms with Crippen molar-refractivity contribution in [3.05, 3.63) is 23.3 Å². The topological polar surface area (TPSA) is 62.5 Å². The van der Waals surface area contributed by atoms with Gasteiger partial charge in [0.1, 0.15) is 4.88 Å². The van der Waals surface area contributed by atoms with Gasteiger partial charge in [-0.1, -0.05) is 0 Å². The number of aromatic nitrogens is 1. The van der Waals surface area contributed by atoms with Crippen molar-refractivity contribution in [3.63, 3.8) is 0 Å². The molecule has 2 aromatic rings. The van der Waals surface area contributed by atoms with Gasteiger partial charge < -0.3 is 15.5 Å². The van der Waals surface area contributed by atoms with E-state index < -0.39 is 0 Å². The summed E-state index contributed by atoms with van der Waals surface area (Å²) in [6, 6.07) is 1.86. The van der Waals surface area contributed by atoms with Gasteiger partial charge in [0.25, 0.3) is 5.91 Å². The molecule has 0 aliphatic heterocycles. The molecule has 0 unspecified atom stereocenters. The quantitative estimate of drug-likeness (QED) is 0.889. The lowest BCUT2D eigenvalue weighted by Crippen LogP contribution is -2.33. The largest absolute Gasteiger partial charge is 0.397 e. The first kappa shape index (κ1) is 15.7. The van der Waals surface area contributed by atoms with Gasteiger partial charge in [0, 0.05) is 30.9 Å². The number of nitrogen functional groups attached to an aromatic ring is 1. The summed E-state index contributed by atoms with van der Waals surface area (Å²) in [5.74, 6) is 0.0231. The normalized spacial score (nSPS) is 11.2. The summed E-state index contributed by atoms with van der Waals surface area (Å²) in [6.45, 7) is 4.41. The van der Waals surface area contributed by atoms with Crippen LogP contribution in [-0.2, 0) is 0 Å². The zero-order valence-corrected chi connectivity index (χ0v) is 13.6. The molecule has 2 heterocycles. The van der Waals surface area contributed by atoms with Crippen LogP contribution in [0.5, 0.6) is 0 Å². The van der Waals surface area contributed by atoms with Gasteiger partial charge in [0.15, 0.2) is 0 Å². The summed E-state index contributed by atoms with van der Waals surface area (Å²) in [4.78, 5) is 21.4. The van der Waals surface area contributed by atoms with E-state index in [0.717, 1.165) is 29.6 Å². The number of hydrogen-bond donors (Lipinski definition) is 1. The molecule has 0 aliphatic carbocycles. The van der Waals surface area contributed by atoms with E-state index in [0.29, 0.717) is 17.1 Å². The van der Waals surface area contributed by atoms with Gasteiger partial charge in [0.2, 0.25) is 0 Å². The zero-order valence-electron chi connectivity index (χ0n) is 12.8. The monoisotopic (exact) mass is 306 g/mol. The van der Waals surface area contributed by atoms with E-state index >= 15 is 0 Å². The van der Waals surface area contributed by atoms with Crippen LogP contribution in [0, 0.1) is 0 Å².